The molecule has 0 saturated carbocycles. The van der Waals surface area contributed by atoms with Crippen LogP contribution in [-0.2, 0) is 12.9 Å². The molecule has 5 heteroatoms. The predicted octanol–water partition coefficient (Wildman–Crippen LogP) is 3.11. The summed E-state index contributed by atoms with van der Waals surface area (Å²) < 4.78 is 1.81. The van der Waals surface area contributed by atoms with E-state index in [0.29, 0.717) is 11.4 Å². The highest BCUT2D eigenvalue weighted by Gasteiger charge is 2.17. The summed E-state index contributed by atoms with van der Waals surface area (Å²) in [6, 6.07) is 9.61. The standard InChI is InChI=1S/C14H15ClN4/c1-10-13(8-15)14(19(3)17-10)18(2)12-6-4-5-11(7-12)9-16/h4-7H,8H2,1-3H3. The Morgan fingerprint density at radius 2 is 2.21 bits per heavy atom. The normalized spacial score (nSPS) is 10.3. The molecule has 4 nitrogen and oxygen atoms in total. The number of hydrogen-bond acceptors (Lipinski definition) is 3. The highest BCUT2D eigenvalue weighted by molar-refractivity contribution is 6.17. The van der Waals surface area contributed by atoms with Gasteiger partial charge in [0.25, 0.3) is 0 Å². The van der Waals surface area contributed by atoms with Crippen molar-refractivity contribution in [3.05, 3.63) is 41.1 Å². The van der Waals surface area contributed by atoms with Crippen LogP contribution in [0.2, 0.25) is 0 Å². The quantitative estimate of drug-likeness (QED) is 0.808. The van der Waals surface area contributed by atoms with E-state index in [9.17, 15) is 0 Å². The number of rotatable bonds is 3. The van der Waals surface area contributed by atoms with Crippen molar-refractivity contribution >= 4 is 23.1 Å². The molecular formula is C14H15ClN4. The molecule has 0 unspecified atom stereocenters. The highest BCUT2D eigenvalue weighted by atomic mass is 35.5. The second-order valence-corrected chi connectivity index (χ2v) is 4.63. The first-order chi connectivity index (χ1) is 9.08. The monoisotopic (exact) mass is 274 g/mol. The molecule has 19 heavy (non-hydrogen) atoms. The third-order valence-electron chi connectivity index (χ3n) is 3.13. The SMILES string of the molecule is Cc1nn(C)c(N(C)c2cccc(C#N)c2)c1CCl. The van der Waals surface area contributed by atoms with Crippen LogP contribution in [0.25, 0.3) is 0 Å². The lowest BCUT2D eigenvalue weighted by Crippen LogP contribution is -2.15. The second-order valence-electron chi connectivity index (χ2n) is 4.37. The van der Waals surface area contributed by atoms with Gasteiger partial charge in [0, 0.05) is 25.3 Å². The Hall–Kier alpha value is -1.99. The third-order valence-corrected chi connectivity index (χ3v) is 3.39. The van der Waals surface area contributed by atoms with Gasteiger partial charge in [-0.25, -0.2) is 0 Å². The van der Waals surface area contributed by atoms with Crippen LogP contribution in [0.4, 0.5) is 11.5 Å². The van der Waals surface area contributed by atoms with Crippen molar-refractivity contribution in [3.8, 4) is 6.07 Å². The van der Waals surface area contributed by atoms with E-state index in [1.807, 2.05) is 48.8 Å². The van der Waals surface area contributed by atoms with Crippen molar-refractivity contribution in [1.29, 1.82) is 5.26 Å². The molecule has 0 aliphatic rings. The molecule has 0 saturated heterocycles. The number of nitriles is 1. The number of anilines is 2. The van der Waals surface area contributed by atoms with Gasteiger partial charge in [0.1, 0.15) is 5.82 Å². The Balaban J connectivity index is 2.49. The van der Waals surface area contributed by atoms with Gasteiger partial charge in [-0.2, -0.15) is 10.4 Å². The smallest absolute Gasteiger partial charge is 0.135 e. The Labute approximate surface area is 117 Å². The Bertz CT molecular complexity index is 639. The first kappa shape index (κ1) is 13.4. The maximum absolute atomic E-state index is 8.97. The summed E-state index contributed by atoms with van der Waals surface area (Å²) in [5.41, 5.74) is 3.51. The van der Waals surface area contributed by atoms with Gasteiger partial charge in [-0.3, -0.25) is 4.68 Å². The molecule has 0 aliphatic heterocycles. The molecular weight excluding hydrogens is 260 g/mol. The van der Waals surface area contributed by atoms with Gasteiger partial charge < -0.3 is 4.90 Å². The summed E-state index contributed by atoms with van der Waals surface area (Å²) in [6.07, 6.45) is 0. The molecule has 0 atom stereocenters. The van der Waals surface area contributed by atoms with Crippen molar-refractivity contribution in [3.63, 3.8) is 0 Å². The van der Waals surface area contributed by atoms with Crippen LogP contribution in [0.15, 0.2) is 24.3 Å². The topological polar surface area (TPSA) is 44.9 Å². The molecule has 1 heterocycles. The molecule has 0 N–H and O–H groups in total. The van der Waals surface area contributed by atoms with E-state index in [1.54, 1.807) is 6.07 Å². The lowest BCUT2D eigenvalue weighted by molar-refractivity contribution is 0.750. The molecule has 0 spiro atoms. The van der Waals surface area contributed by atoms with Gasteiger partial charge >= 0.3 is 0 Å². The molecule has 98 valence electrons. The number of benzene rings is 1. The molecule has 0 amide bonds. The van der Waals surface area contributed by atoms with Crippen LogP contribution >= 0.6 is 11.6 Å². The van der Waals surface area contributed by atoms with Crippen LogP contribution in [0.5, 0.6) is 0 Å². The maximum atomic E-state index is 8.97. The van der Waals surface area contributed by atoms with Crippen LogP contribution in [0.1, 0.15) is 16.8 Å². The summed E-state index contributed by atoms with van der Waals surface area (Å²) in [4.78, 5) is 2.00. The molecule has 1 aromatic carbocycles. The van der Waals surface area contributed by atoms with Crippen molar-refractivity contribution in [2.45, 2.75) is 12.8 Å². The summed E-state index contributed by atoms with van der Waals surface area (Å²) in [6.45, 7) is 1.95. The van der Waals surface area contributed by atoms with Crippen LogP contribution in [0.3, 0.4) is 0 Å². The number of halogens is 1. The van der Waals surface area contributed by atoms with Gasteiger partial charge in [-0.1, -0.05) is 6.07 Å². The summed E-state index contributed by atoms with van der Waals surface area (Å²) in [5, 5.41) is 13.4. The molecule has 0 fully saturated rings. The predicted molar refractivity (Wildman–Crippen MR) is 76.7 cm³/mol. The van der Waals surface area contributed by atoms with E-state index in [2.05, 4.69) is 11.2 Å². The first-order valence-corrected chi connectivity index (χ1v) is 6.44. The summed E-state index contributed by atoms with van der Waals surface area (Å²) in [7, 11) is 3.84. The number of hydrogen-bond donors (Lipinski definition) is 0. The van der Waals surface area contributed by atoms with Crippen LogP contribution in [0, 0.1) is 18.3 Å². The Kier molecular flexibility index (Phi) is 3.77. The van der Waals surface area contributed by atoms with E-state index in [4.69, 9.17) is 16.9 Å². The van der Waals surface area contributed by atoms with Crippen molar-refractivity contribution in [1.82, 2.24) is 9.78 Å². The van der Waals surface area contributed by atoms with Crippen LogP contribution in [-0.4, -0.2) is 16.8 Å². The van der Waals surface area contributed by atoms with Crippen LogP contribution < -0.4 is 4.90 Å². The molecule has 2 rings (SSSR count). The first-order valence-electron chi connectivity index (χ1n) is 5.90. The van der Waals surface area contributed by atoms with Crippen molar-refractivity contribution < 1.29 is 0 Å². The van der Waals surface area contributed by atoms with Crippen molar-refractivity contribution in [2.75, 3.05) is 11.9 Å². The molecule has 2 aromatic rings. The largest absolute Gasteiger partial charge is 0.329 e. The number of aryl methyl sites for hydroxylation is 2. The van der Waals surface area contributed by atoms with E-state index in [1.165, 1.54) is 0 Å². The van der Waals surface area contributed by atoms with Gasteiger partial charge in [-0.05, 0) is 25.1 Å². The summed E-state index contributed by atoms with van der Waals surface area (Å²) >= 11 is 6.01. The van der Waals surface area contributed by atoms with Gasteiger partial charge in [-0.15, -0.1) is 11.6 Å². The van der Waals surface area contributed by atoms with E-state index in [0.717, 1.165) is 22.8 Å². The number of aromatic nitrogens is 2. The fourth-order valence-electron chi connectivity index (χ4n) is 2.17. The fraction of sp³-hybridized carbons (Fsp3) is 0.286. The minimum absolute atomic E-state index is 0.414. The lowest BCUT2D eigenvalue weighted by Gasteiger charge is -2.21. The van der Waals surface area contributed by atoms with Gasteiger partial charge in [0.2, 0.25) is 0 Å². The van der Waals surface area contributed by atoms with Gasteiger partial charge in [0.05, 0.1) is 23.2 Å². The third kappa shape index (κ3) is 2.42. The van der Waals surface area contributed by atoms with Gasteiger partial charge in [0.15, 0.2) is 0 Å². The number of nitrogens with zero attached hydrogens (tertiary/aromatic N) is 4. The summed E-state index contributed by atoms with van der Waals surface area (Å²) in [5.74, 6) is 1.36. The zero-order valence-corrected chi connectivity index (χ0v) is 11.9. The van der Waals surface area contributed by atoms with Crippen molar-refractivity contribution in [2.24, 2.45) is 7.05 Å². The zero-order chi connectivity index (χ0) is 14.0. The lowest BCUT2D eigenvalue weighted by atomic mass is 10.2. The van der Waals surface area contributed by atoms with E-state index >= 15 is 0 Å². The minimum atomic E-state index is 0.414. The highest BCUT2D eigenvalue weighted by Crippen LogP contribution is 2.30. The average molecular weight is 275 g/mol. The minimum Gasteiger partial charge on any atom is -0.329 e. The average Bonchev–Trinajstić information content (AvgIpc) is 2.71. The molecule has 0 aliphatic carbocycles. The molecule has 0 bridgehead atoms. The Morgan fingerprint density at radius 1 is 1.47 bits per heavy atom. The Morgan fingerprint density at radius 3 is 2.84 bits per heavy atom. The molecule has 0 radical (unpaired) electrons. The number of alkyl halides is 1. The van der Waals surface area contributed by atoms with E-state index in [-0.39, 0.29) is 0 Å². The zero-order valence-electron chi connectivity index (χ0n) is 11.2. The fourth-order valence-corrected chi connectivity index (χ4v) is 2.49. The maximum Gasteiger partial charge on any atom is 0.135 e. The van der Waals surface area contributed by atoms with E-state index < -0.39 is 0 Å². The second kappa shape index (κ2) is 5.33. The molecule has 1 aromatic heterocycles.